The number of allylic oxidation sites excluding steroid dienone is 1. The highest BCUT2D eigenvalue weighted by atomic mass is 31.2. The molecule has 0 aliphatic rings. The van der Waals surface area contributed by atoms with E-state index in [2.05, 4.69) is 4.98 Å². The van der Waals surface area contributed by atoms with Crippen LogP contribution in [0.1, 0.15) is 6.42 Å². The fourth-order valence-corrected chi connectivity index (χ4v) is 1.46. The van der Waals surface area contributed by atoms with Crippen molar-refractivity contribution in [3.8, 4) is 0 Å². The van der Waals surface area contributed by atoms with Gasteiger partial charge in [0.15, 0.2) is 0 Å². The normalized spacial score (nSPS) is 12.1. The molecule has 1 aromatic heterocycles. The first-order valence-electron chi connectivity index (χ1n) is 4.44. The summed E-state index contributed by atoms with van der Waals surface area (Å²) in [5.74, 6) is 0.954. The van der Waals surface area contributed by atoms with Crippen LogP contribution in [-0.4, -0.2) is 19.3 Å². The molecule has 0 saturated carbocycles. The topological polar surface area (TPSA) is 118 Å². The van der Waals surface area contributed by atoms with E-state index in [1.54, 1.807) is 0 Å². The molecule has 88 valence electrons. The molecule has 0 radical (unpaired) electrons. The summed E-state index contributed by atoms with van der Waals surface area (Å²) in [6.45, 7) is 0.294. The van der Waals surface area contributed by atoms with E-state index in [-0.39, 0.29) is 5.82 Å². The van der Waals surface area contributed by atoms with E-state index < -0.39 is 13.3 Å². The van der Waals surface area contributed by atoms with Gasteiger partial charge in [0.25, 0.3) is 0 Å². The smallest absolute Gasteiger partial charge is 0.349 e. The van der Waals surface area contributed by atoms with Crippen molar-refractivity contribution < 1.29 is 14.4 Å². The second-order valence-corrected chi connectivity index (χ2v) is 4.57. The minimum atomic E-state index is -4.11. The van der Waals surface area contributed by atoms with Gasteiger partial charge in [0.05, 0.1) is 0 Å². The third-order valence-electron chi connectivity index (χ3n) is 1.73. The van der Waals surface area contributed by atoms with Gasteiger partial charge in [0.1, 0.15) is 5.82 Å². The maximum atomic E-state index is 11.2. The summed E-state index contributed by atoms with van der Waals surface area (Å²) in [5.41, 5.74) is 4.82. The number of rotatable bonds is 4. The summed E-state index contributed by atoms with van der Waals surface area (Å²) in [7, 11) is -4.11. The number of nitrogens with two attached hydrogens (primary N) is 1. The minimum Gasteiger partial charge on any atom is -0.383 e. The van der Waals surface area contributed by atoms with Crippen molar-refractivity contribution in [1.29, 1.82) is 0 Å². The number of hydrogen-bond donors (Lipinski definition) is 3. The van der Waals surface area contributed by atoms with Crippen LogP contribution in [0.25, 0.3) is 0 Å². The lowest BCUT2D eigenvalue weighted by atomic mass is 10.4. The lowest BCUT2D eigenvalue weighted by molar-refractivity contribution is 0.386. The fourth-order valence-electron chi connectivity index (χ4n) is 1.04. The maximum Gasteiger partial charge on any atom is 0.349 e. The summed E-state index contributed by atoms with van der Waals surface area (Å²) < 4.78 is 11.8. The second kappa shape index (κ2) is 5.07. The van der Waals surface area contributed by atoms with Crippen LogP contribution in [0.5, 0.6) is 0 Å². The van der Waals surface area contributed by atoms with Crippen LogP contribution in [-0.2, 0) is 11.1 Å². The highest BCUT2D eigenvalue weighted by Gasteiger charge is 2.04. The predicted molar refractivity (Wildman–Crippen MR) is 58.7 cm³/mol. The quantitative estimate of drug-likeness (QED) is 0.638. The lowest BCUT2D eigenvalue weighted by Crippen LogP contribution is -2.22. The number of hydrogen-bond acceptors (Lipinski definition) is 4. The minimum absolute atomic E-state index is 0.145. The Morgan fingerprint density at radius 1 is 1.56 bits per heavy atom. The summed E-state index contributed by atoms with van der Waals surface area (Å²) in [6.07, 6.45) is 3.14. The van der Waals surface area contributed by atoms with Crippen LogP contribution >= 0.6 is 7.60 Å². The zero-order valence-corrected chi connectivity index (χ0v) is 9.25. The maximum absolute atomic E-state index is 11.2. The Morgan fingerprint density at radius 3 is 2.81 bits per heavy atom. The first-order chi connectivity index (χ1) is 7.38. The molecule has 0 aliphatic heterocycles. The molecule has 0 atom stereocenters. The molecule has 1 rings (SSSR count). The van der Waals surface area contributed by atoms with Gasteiger partial charge in [-0.05, 0) is 12.5 Å². The molecule has 8 heteroatoms. The van der Waals surface area contributed by atoms with Crippen LogP contribution in [0, 0.1) is 0 Å². The van der Waals surface area contributed by atoms with Crippen LogP contribution in [0.15, 0.2) is 29.0 Å². The van der Waals surface area contributed by atoms with E-state index in [1.165, 1.54) is 22.9 Å². The summed E-state index contributed by atoms with van der Waals surface area (Å²) in [4.78, 5) is 31.8. The molecule has 1 heterocycles. The van der Waals surface area contributed by atoms with E-state index in [1.807, 2.05) is 0 Å². The average molecular weight is 245 g/mol. The van der Waals surface area contributed by atoms with Gasteiger partial charge >= 0.3 is 13.3 Å². The van der Waals surface area contributed by atoms with E-state index in [9.17, 15) is 9.36 Å². The van der Waals surface area contributed by atoms with Crippen LogP contribution in [0.4, 0.5) is 5.82 Å². The standard InChI is InChI=1S/C8H12N3O4P/c9-7-3-5-11(8(12)10-7)4-1-2-6-16(13,14)15/h2-3,5-6H,1,4H2,(H2,9,10,12)(H2,13,14,15)/b6-2+. The number of nitrogens with zero attached hydrogens (tertiary/aromatic N) is 2. The Bertz CT molecular complexity index is 490. The van der Waals surface area contributed by atoms with E-state index in [0.717, 1.165) is 5.82 Å². The van der Waals surface area contributed by atoms with Crippen molar-refractivity contribution >= 4 is 13.4 Å². The Morgan fingerprint density at radius 2 is 2.25 bits per heavy atom. The van der Waals surface area contributed by atoms with E-state index in [0.29, 0.717) is 13.0 Å². The largest absolute Gasteiger partial charge is 0.383 e. The number of aromatic nitrogens is 2. The monoisotopic (exact) mass is 245 g/mol. The Hall–Kier alpha value is -1.43. The molecule has 1 aromatic rings. The van der Waals surface area contributed by atoms with Crippen molar-refractivity contribution in [3.63, 3.8) is 0 Å². The third-order valence-corrected chi connectivity index (χ3v) is 2.33. The van der Waals surface area contributed by atoms with Gasteiger partial charge in [-0.25, -0.2) is 4.79 Å². The molecular formula is C8H12N3O4P. The molecule has 16 heavy (non-hydrogen) atoms. The van der Waals surface area contributed by atoms with Gasteiger partial charge in [0, 0.05) is 18.6 Å². The summed E-state index contributed by atoms with van der Waals surface area (Å²) in [5, 5.41) is 0. The molecule has 4 N–H and O–H groups in total. The Balaban J connectivity index is 2.59. The summed E-state index contributed by atoms with van der Waals surface area (Å²) >= 11 is 0. The third kappa shape index (κ3) is 4.39. The predicted octanol–water partition coefficient (Wildman–Crippen LogP) is -0.0930. The molecule has 0 aromatic carbocycles. The Labute approximate surface area is 91.4 Å². The Kier molecular flexibility index (Phi) is 4.00. The highest BCUT2D eigenvalue weighted by molar-refractivity contribution is 7.55. The molecular weight excluding hydrogens is 233 g/mol. The average Bonchev–Trinajstić information content (AvgIpc) is 2.13. The van der Waals surface area contributed by atoms with Crippen LogP contribution in [0.2, 0.25) is 0 Å². The first kappa shape index (κ1) is 12.6. The first-order valence-corrected chi connectivity index (χ1v) is 6.12. The molecule has 0 unspecified atom stereocenters. The van der Waals surface area contributed by atoms with Crippen LogP contribution < -0.4 is 11.4 Å². The van der Waals surface area contributed by atoms with Crippen molar-refractivity contribution in [2.75, 3.05) is 5.73 Å². The SMILES string of the molecule is Nc1ccn(CC/C=C/P(=O)(O)O)c(=O)n1. The van der Waals surface area contributed by atoms with E-state index in [4.69, 9.17) is 15.5 Å². The molecule has 0 bridgehead atoms. The van der Waals surface area contributed by atoms with Gasteiger partial charge in [-0.15, -0.1) is 0 Å². The van der Waals surface area contributed by atoms with Crippen molar-refractivity contribution in [2.45, 2.75) is 13.0 Å². The van der Waals surface area contributed by atoms with Crippen molar-refractivity contribution in [1.82, 2.24) is 9.55 Å². The lowest BCUT2D eigenvalue weighted by Gasteiger charge is -2.02. The second-order valence-electron chi connectivity index (χ2n) is 3.09. The molecule has 0 fully saturated rings. The molecule has 0 spiro atoms. The fraction of sp³-hybridized carbons (Fsp3) is 0.250. The van der Waals surface area contributed by atoms with Crippen LogP contribution in [0.3, 0.4) is 0 Å². The van der Waals surface area contributed by atoms with Gasteiger partial charge < -0.3 is 15.5 Å². The van der Waals surface area contributed by atoms with Crippen molar-refractivity contribution in [2.24, 2.45) is 0 Å². The number of anilines is 1. The van der Waals surface area contributed by atoms with Gasteiger partial charge in [-0.2, -0.15) is 4.98 Å². The van der Waals surface area contributed by atoms with Crippen molar-refractivity contribution in [3.05, 3.63) is 34.6 Å². The number of aryl methyl sites for hydroxylation is 1. The van der Waals surface area contributed by atoms with Gasteiger partial charge in [-0.1, -0.05) is 6.08 Å². The summed E-state index contributed by atoms with van der Waals surface area (Å²) in [6, 6.07) is 1.48. The number of nitrogen functional groups attached to an aromatic ring is 1. The van der Waals surface area contributed by atoms with E-state index >= 15 is 0 Å². The highest BCUT2D eigenvalue weighted by Crippen LogP contribution is 2.35. The van der Waals surface area contributed by atoms with Gasteiger partial charge in [-0.3, -0.25) is 9.13 Å². The molecule has 7 nitrogen and oxygen atoms in total. The molecule has 0 amide bonds. The zero-order valence-electron chi connectivity index (χ0n) is 8.35. The van der Waals surface area contributed by atoms with Gasteiger partial charge in [0.2, 0.25) is 0 Å². The zero-order chi connectivity index (χ0) is 12.2. The molecule has 0 saturated heterocycles. The molecule has 0 aliphatic carbocycles.